The minimum atomic E-state index is -0.592. The van der Waals surface area contributed by atoms with Gasteiger partial charge in [0.15, 0.2) is 11.5 Å². The van der Waals surface area contributed by atoms with Gasteiger partial charge in [-0.05, 0) is 42.3 Å². The highest BCUT2D eigenvalue weighted by molar-refractivity contribution is 6.36. The molecule has 4 nitrogen and oxygen atoms in total. The maximum absolute atomic E-state index is 10.3. The molecule has 0 heterocycles. The molecule has 0 unspecified atom stereocenters. The van der Waals surface area contributed by atoms with E-state index in [4.69, 9.17) is 44.3 Å². The van der Waals surface area contributed by atoms with Crippen molar-refractivity contribution < 1.29 is 14.6 Å². The van der Waals surface area contributed by atoms with E-state index in [1.54, 1.807) is 18.2 Å². The van der Waals surface area contributed by atoms with E-state index in [1.807, 2.05) is 49.4 Å². The van der Waals surface area contributed by atoms with Crippen molar-refractivity contribution in [1.29, 1.82) is 0 Å². The quantitative estimate of drug-likeness (QED) is 0.350. The maximum Gasteiger partial charge on any atom is 0.180 e. The molecule has 0 spiro atoms. The van der Waals surface area contributed by atoms with Gasteiger partial charge in [0, 0.05) is 28.7 Å². The van der Waals surface area contributed by atoms with Gasteiger partial charge in [0.2, 0.25) is 0 Å². The molecular weight excluding hydrogens is 457 g/mol. The summed E-state index contributed by atoms with van der Waals surface area (Å²) in [5.41, 5.74) is 2.46. The molecule has 0 amide bonds. The van der Waals surface area contributed by atoms with Crippen molar-refractivity contribution in [3.63, 3.8) is 0 Å². The second-order valence-electron chi connectivity index (χ2n) is 6.88. The molecular formula is C24H24Cl3NO3. The first kappa shape index (κ1) is 23.7. The van der Waals surface area contributed by atoms with Gasteiger partial charge >= 0.3 is 0 Å². The second-order valence-corrected chi connectivity index (χ2v) is 8.11. The molecule has 1 atom stereocenters. The summed E-state index contributed by atoms with van der Waals surface area (Å²) in [5.74, 6) is 0.978. The number of aliphatic hydroxyl groups is 1. The van der Waals surface area contributed by atoms with Crippen LogP contribution >= 0.6 is 34.8 Å². The molecule has 0 radical (unpaired) electrons. The Kier molecular flexibility index (Phi) is 8.88. The Balaban J connectivity index is 1.68. The number of rotatable bonds is 10. The lowest BCUT2D eigenvalue weighted by atomic mass is 10.1. The third-order valence-corrected chi connectivity index (χ3v) is 5.63. The molecule has 0 bridgehead atoms. The molecule has 0 fully saturated rings. The molecule has 0 aliphatic carbocycles. The van der Waals surface area contributed by atoms with Gasteiger partial charge in [-0.1, -0.05) is 71.2 Å². The molecule has 0 aliphatic heterocycles. The summed E-state index contributed by atoms with van der Waals surface area (Å²) in [6.45, 7) is 3.45. The van der Waals surface area contributed by atoms with Crippen LogP contribution in [0, 0.1) is 0 Å². The lowest BCUT2D eigenvalue weighted by Gasteiger charge is -2.17. The normalized spacial score (nSPS) is 11.9. The summed E-state index contributed by atoms with van der Waals surface area (Å²) in [6.07, 6.45) is -0.592. The second kappa shape index (κ2) is 11.6. The molecule has 0 aromatic heterocycles. The van der Waals surface area contributed by atoms with Gasteiger partial charge in [0.05, 0.1) is 17.7 Å². The van der Waals surface area contributed by atoms with Crippen molar-refractivity contribution in [3.05, 3.63) is 92.4 Å². The van der Waals surface area contributed by atoms with E-state index in [2.05, 4.69) is 5.32 Å². The van der Waals surface area contributed by atoms with Gasteiger partial charge < -0.3 is 19.9 Å². The SMILES string of the molecule is CCOc1cc(CNC[C@H](O)c2ccccc2)cc(Cl)c1OCc1c(Cl)cccc1Cl. The van der Waals surface area contributed by atoms with Crippen molar-refractivity contribution in [3.8, 4) is 11.5 Å². The first-order valence-corrected chi connectivity index (χ1v) is 11.1. The third kappa shape index (κ3) is 6.52. The van der Waals surface area contributed by atoms with Gasteiger partial charge in [-0.2, -0.15) is 0 Å². The zero-order valence-corrected chi connectivity index (χ0v) is 19.3. The Morgan fingerprint density at radius 2 is 1.61 bits per heavy atom. The van der Waals surface area contributed by atoms with Crippen LogP contribution in [0.25, 0.3) is 0 Å². The van der Waals surface area contributed by atoms with Crippen LogP contribution in [-0.2, 0) is 13.2 Å². The van der Waals surface area contributed by atoms with E-state index in [9.17, 15) is 5.11 Å². The zero-order valence-electron chi connectivity index (χ0n) is 17.1. The number of nitrogens with one attached hydrogen (secondary N) is 1. The van der Waals surface area contributed by atoms with Gasteiger partial charge in [0.25, 0.3) is 0 Å². The molecule has 3 aromatic carbocycles. The topological polar surface area (TPSA) is 50.7 Å². The Morgan fingerprint density at radius 3 is 2.29 bits per heavy atom. The van der Waals surface area contributed by atoms with Crippen LogP contribution in [0.2, 0.25) is 15.1 Å². The summed E-state index contributed by atoms with van der Waals surface area (Å²) < 4.78 is 11.7. The lowest BCUT2D eigenvalue weighted by molar-refractivity contribution is 0.174. The first-order chi connectivity index (χ1) is 15.0. The van der Waals surface area contributed by atoms with Crippen LogP contribution in [0.3, 0.4) is 0 Å². The molecule has 0 aliphatic rings. The minimum absolute atomic E-state index is 0.166. The van der Waals surface area contributed by atoms with Gasteiger partial charge in [-0.3, -0.25) is 0 Å². The van der Waals surface area contributed by atoms with E-state index in [0.717, 1.165) is 11.1 Å². The largest absolute Gasteiger partial charge is 0.490 e. The Labute approximate surface area is 197 Å². The number of aliphatic hydroxyl groups excluding tert-OH is 1. The van der Waals surface area contributed by atoms with E-state index in [1.165, 1.54) is 0 Å². The fourth-order valence-corrected chi connectivity index (χ4v) is 3.88. The molecule has 0 saturated heterocycles. The van der Waals surface area contributed by atoms with E-state index in [-0.39, 0.29) is 6.61 Å². The van der Waals surface area contributed by atoms with Gasteiger partial charge in [-0.25, -0.2) is 0 Å². The summed E-state index contributed by atoms with van der Waals surface area (Å²) in [5, 5.41) is 15.0. The van der Waals surface area contributed by atoms with Gasteiger partial charge in [0.1, 0.15) is 6.61 Å². The number of hydrogen-bond donors (Lipinski definition) is 2. The van der Waals surface area contributed by atoms with Crippen LogP contribution in [-0.4, -0.2) is 18.3 Å². The number of benzene rings is 3. The summed E-state index contributed by atoms with van der Waals surface area (Å²) in [6, 6.07) is 18.5. The van der Waals surface area contributed by atoms with Crippen molar-refractivity contribution in [1.82, 2.24) is 5.32 Å². The van der Waals surface area contributed by atoms with Crippen molar-refractivity contribution in [2.45, 2.75) is 26.2 Å². The van der Waals surface area contributed by atoms with Crippen molar-refractivity contribution in [2.75, 3.05) is 13.2 Å². The summed E-state index contributed by atoms with van der Waals surface area (Å²) >= 11 is 19.0. The Hall–Kier alpha value is -1.95. The van der Waals surface area contributed by atoms with E-state index in [0.29, 0.717) is 51.8 Å². The molecule has 0 saturated carbocycles. The van der Waals surface area contributed by atoms with Gasteiger partial charge in [-0.15, -0.1) is 0 Å². The fraction of sp³-hybridized carbons (Fsp3) is 0.250. The van der Waals surface area contributed by atoms with Crippen molar-refractivity contribution >= 4 is 34.8 Å². The van der Waals surface area contributed by atoms with Crippen molar-refractivity contribution in [2.24, 2.45) is 0 Å². The highest BCUT2D eigenvalue weighted by Crippen LogP contribution is 2.38. The number of halogens is 3. The van der Waals surface area contributed by atoms with E-state index < -0.39 is 6.10 Å². The Morgan fingerprint density at radius 1 is 0.903 bits per heavy atom. The molecule has 2 N–H and O–H groups in total. The van der Waals surface area contributed by atoms with Crippen LogP contribution in [0.5, 0.6) is 11.5 Å². The number of hydrogen-bond acceptors (Lipinski definition) is 4. The van der Waals surface area contributed by atoms with Crippen LogP contribution in [0.1, 0.15) is 29.7 Å². The molecule has 3 aromatic rings. The third-order valence-electron chi connectivity index (χ3n) is 4.64. The minimum Gasteiger partial charge on any atom is -0.490 e. The average molecular weight is 481 g/mol. The molecule has 31 heavy (non-hydrogen) atoms. The van der Waals surface area contributed by atoms with Crippen LogP contribution in [0.15, 0.2) is 60.7 Å². The first-order valence-electron chi connectivity index (χ1n) is 9.94. The standard InChI is InChI=1S/C24H24Cl3NO3/c1-2-30-23-12-16(13-28-14-22(29)17-7-4-3-5-8-17)11-21(27)24(23)31-15-18-19(25)9-6-10-20(18)26/h3-12,22,28-29H,2,13-15H2,1H3/t22-/m0/s1. The predicted octanol–water partition coefficient (Wildman–Crippen LogP) is 6.45. The zero-order chi connectivity index (χ0) is 22.2. The monoisotopic (exact) mass is 479 g/mol. The smallest absolute Gasteiger partial charge is 0.180 e. The summed E-state index contributed by atoms with van der Waals surface area (Å²) in [4.78, 5) is 0. The maximum atomic E-state index is 10.3. The van der Waals surface area contributed by atoms with Crippen LogP contribution < -0.4 is 14.8 Å². The average Bonchev–Trinajstić information content (AvgIpc) is 2.75. The van der Waals surface area contributed by atoms with Crippen LogP contribution in [0.4, 0.5) is 0 Å². The number of ether oxygens (including phenoxy) is 2. The molecule has 164 valence electrons. The molecule has 7 heteroatoms. The Bertz CT molecular complexity index is 979. The highest BCUT2D eigenvalue weighted by Gasteiger charge is 2.15. The lowest BCUT2D eigenvalue weighted by Crippen LogP contribution is -2.21. The predicted molar refractivity (Wildman–Crippen MR) is 127 cm³/mol. The fourth-order valence-electron chi connectivity index (χ4n) is 3.09. The summed E-state index contributed by atoms with van der Waals surface area (Å²) in [7, 11) is 0. The van der Waals surface area contributed by atoms with E-state index >= 15 is 0 Å². The highest BCUT2D eigenvalue weighted by atomic mass is 35.5. The molecule has 3 rings (SSSR count).